The van der Waals surface area contributed by atoms with Gasteiger partial charge in [0, 0.05) is 25.8 Å². The molecule has 5 heteroatoms. The third-order valence-electron chi connectivity index (χ3n) is 3.89. The number of nitrogens with zero attached hydrogens (tertiary/aromatic N) is 2. The first-order valence-electron chi connectivity index (χ1n) is 7.58. The molecule has 0 unspecified atom stereocenters. The van der Waals surface area contributed by atoms with E-state index in [1.165, 1.54) is 11.1 Å². The quantitative estimate of drug-likeness (QED) is 0.913. The second-order valence-corrected chi connectivity index (χ2v) is 6.73. The summed E-state index contributed by atoms with van der Waals surface area (Å²) >= 11 is 0. The van der Waals surface area contributed by atoms with E-state index in [2.05, 4.69) is 54.7 Å². The highest BCUT2D eigenvalue weighted by Gasteiger charge is 2.17. The third kappa shape index (κ3) is 3.04. The second kappa shape index (κ2) is 5.57. The summed E-state index contributed by atoms with van der Waals surface area (Å²) in [6.07, 6.45) is 3.41. The van der Waals surface area contributed by atoms with Crippen LogP contribution in [0.2, 0.25) is 0 Å². The molecule has 116 valence electrons. The van der Waals surface area contributed by atoms with Crippen LogP contribution in [0, 0.1) is 0 Å². The van der Waals surface area contributed by atoms with Crippen molar-refractivity contribution in [2.75, 3.05) is 0 Å². The number of nitrogens with one attached hydrogen (secondary N) is 2. The van der Waals surface area contributed by atoms with Gasteiger partial charge in [0.15, 0.2) is 0 Å². The zero-order valence-electron chi connectivity index (χ0n) is 13.3. The van der Waals surface area contributed by atoms with E-state index < -0.39 is 0 Å². The van der Waals surface area contributed by atoms with Gasteiger partial charge in [-0.1, -0.05) is 18.2 Å². The van der Waals surface area contributed by atoms with E-state index in [0.717, 1.165) is 18.7 Å². The lowest BCUT2D eigenvalue weighted by Gasteiger charge is -2.18. The zero-order valence-corrected chi connectivity index (χ0v) is 13.3. The summed E-state index contributed by atoms with van der Waals surface area (Å²) in [4.78, 5) is 12.2. The van der Waals surface area contributed by atoms with Crippen molar-refractivity contribution >= 4 is 5.91 Å². The van der Waals surface area contributed by atoms with Gasteiger partial charge in [-0.15, -0.1) is 0 Å². The van der Waals surface area contributed by atoms with Crippen LogP contribution >= 0.6 is 0 Å². The van der Waals surface area contributed by atoms with Crippen molar-refractivity contribution < 1.29 is 4.79 Å². The Labute approximate surface area is 130 Å². The molecule has 1 aromatic carbocycles. The Bertz CT molecular complexity index is 697. The molecule has 3 rings (SSSR count). The van der Waals surface area contributed by atoms with Crippen LogP contribution in [0.25, 0.3) is 0 Å². The van der Waals surface area contributed by atoms with Crippen LogP contribution in [0.5, 0.6) is 0 Å². The van der Waals surface area contributed by atoms with Crippen LogP contribution in [0.4, 0.5) is 0 Å². The number of benzene rings is 1. The maximum atomic E-state index is 12.2. The first kappa shape index (κ1) is 14.8. The Kier molecular flexibility index (Phi) is 3.74. The summed E-state index contributed by atoms with van der Waals surface area (Å²) in [5.41, 5.74) is 4.27. The van der Waals surface area contributed by atoms with Crippen LogP contribution in [-0.4, -0.2) is 15.7 Å². The fourth-order valence-electron chi connectivity index (χ4n) is 2.55. The number of carbonyl (C=O) groups excluding carboxylic acids is 1. The average Bonchev–Trinajstić information content (AvgIpc) is 3.12. The Morgan fingerprint density at radius 1 is 1.32 bits per heavy atom. The summed E-state index contributed by atoms with van der Waals surface area (Å²) in [6, 6.07) is 6.37. The topological polar surface area (TPSA) is 59.0 Å². The molecule has 5 nitrogen and oxygen atoms in total. The van der Waals surface area contributed by atoms with Crippen LogP contribution in [0.15, 0.2) is 30.6 Å². The minimum Gasteiger partial charge on any atom is -0.348 e. The van der Waals surface area contributed by atoms with Crippen molar-refractivity contribution in [3.05, 3.63) is 52.8 Å². The van der Waals surface area contributed by atoms with Gasteiger partial charge >= 0.3 is 0 Å². The number of hydrogen-bond donors (Lipinski definition) is 2. The van der Waals surface area contributed by atoms with E-state index in [-0.39, 0.29) is 11.4 Å². The third-order valence-corrected chi connectivity index (χ3v) is 3.89. The second-order valence-electron chi connectivity index (χ2n) is 6.73. The zero-order chi connectivity index (χ0) is 15.7. The Morgan fingerprint density at radius 3 is 2.82 bits per heavy atom. The number of hydrogen-bond acceptors (Lipinski definition) is 3. The number of aromatic nitrogens is 2. The molecule has 0 bridgehead atoms. The predicted octanol–water partition coefficient (Wildman–Crippen LogP) is 2.17. The summed E-state index contributed by atoms with van der Waals surface area (Å²) in [5, 5.41) is 10.5. The van der Waals surface area contributed by atoms with Crippen LogP contribution < -0.4 is 10.6 Å². The molecule has 1 aromatic heterocycles. The smallest absolute Gasteiger partial charge is 0.254 e. The van der Waals surface area contributed by atoms with Gasteiger partial charge in [-0.05, 0) is 37.5 Å². The lowest BCUT2D eigenvalue weighted by Crippen LogP contribution is -2.24. The maximum absolute atomic E-state index is 12.2. The first-order chi connectivity index (χ1) is 10.4. The van der Waals surface area contributed by atoms with Crippen molar-refractivity contribution in [3.63, 3.8) is 0 Å². The average molecular weight is 298 g/mol. The highest BCUT2D eigenvalue weighted by Crippen LogP contribution is 2.17. The van der Waals surface area contributed by atoms with E-state index in [1.807, 2.05) is 4.68 Å². The van der Waals surface area contributed by atoms with Gasteiger partial charge < -0.3 is 10.6 Å². The SMILES string of the molecule is CC(C)(C)n1cc(C(=O)NCc2ccc3c(c2)CNC3)cn1. The molecule has 0 atom stereocenters. The van der Waals surface area contributed by atoms with Crippen LogP contribution in [-0.2, 0) is 25.2 Å². The summed E-state index contributed by atoms with van der Waals surface area (Å²) in [7, 11) is 0. The predicted molar refractivity (Wildman–Crippen MR) is 85.4 cm³/mol. The largest absolute Gasteiger partial charge is 0.348 e. The highest BCUT2D eigenvalue weighted by atomic mass is 16.1. The molecule has 0 saturated heterocycles. The molecule has 2 heterocycles. The number of rotatable bonds is 3. The molecule has 1 aliphatic rings. The Hall–Kier alpha value is -2.14. The fourth-order valence-corrected chi connectivity index (χ4v) is 2.55. The van der Waals surface area contributed by atoms with Gasteiger partial charge in [0.1, 0.15) is 0 Å². The van der Waals surface area contributed by atoms with E-state index >= 15 is 0 Å². The van der Waals surface area contributed by atoms with Gasteiger partial charge in [-0.2, -0.15) is 5.10 Å². The Balaban J connectivity index is 1.64. The molecular weight excluding hydrogens is 276 g/mol. The molecule has 0 fully saturated rings. The van der Waals surface area contributed by atoms with Gasteiger partial charge in [-0.3, -0.25) is 9.48 Å². The standard InChI is InChI=1S/C17H22N4O/c1-17(2,3)21-11-15(10-20-21)16(22)19-7-12-4-5-13-8-18-9-14(13)6-12/h4-6,10-11,18H,7-9H2,1-3H3,(H,19,22). The summed E-state index contributed by atoms with van der Waals surface area (Å²) in [6.45, 7) is 8.55. The van der Waals surface area contributed by atoms with Gasteiger partial charge in [0.25, 0.3) is 5.91 Å². The van der Waals surface area contributed by atoms with E-state index in [0.29, 0.717) is 12.1 Å². The van der Waals surface area contributed by atoms with Crippen molar-refractivity contribution in [1.29, 1.82) is 0 Å². The fraction of sp³-hybridized carbons (Fsp3) is 0.412. The maximum Gasteiger partial charge on any atom is 0.254 e. The Morgan fingerprint density at radius 2 is 2.09 bits per heavy atom. The molecule has 2 N–H and O–H groups in total. The number of amides is 1. The summed E-state index contributed by atoms with van der Waals surface area (Å²) < 4.78 is 1.81. The monoisotopic (exact) mass is 298 g/mol. The lowest BCUT2D eigenvalue weighted by molar-refractivity contribution is 0.0950. The van der Waals surface area contributed by atoms with Gasteiger partial charge in [0.05, 0.1) is 17.3 Å². The number of carbonyl (C=O) groups is 1. The lowest BCUT2D eigenvalue weighted by atomic mass is 10.1. The molecular formula is C17H22N4O. The molecule has 1 amide bonds. The van der Waals surface area contributed by atoms with E-state index in [4.69, 9.17) is 0 Å². The van der Waals surface area contributed by atoms with E-state index in [1.54, 1.807) is 12.4 Å². The van der Waals surface area contributed by atoms with E-state index in [9.17, 15) is 4.79 Å². The van der Waals surface area contributed by atoms with Crippen molar-refractivity contribution in [2.24, 2.45) is 0 Å². The molecule has 0 radical (unpaired) electrons. The van der Waals surface area contributed by atoms with Gasteiger partial charge in [0.2, 0.25) is 0 Å². The molecule has 0 saturated carbocycles. The summed E-state index contributed by atoms with van der Waals surface area (Å²) in [5.74, 6) is -0.0888. The van der Waals surface area contributed by atoms with Crippen molar-refractivity contribution in [1.82, 2.24) is 20.4 Å². The van der Waals surface area contributed by atoms with Crippen LogP contribution in [0.1, 0.15) is 47.8 Å². The van der Waals surface area contributed by atoms with Gasteiger partial charge in [-0.25, -0.2) is 0 Å². The molecule has 0 spiro atoms. The normalized spacial score (nSPS) is 14.0. The molecule has 0 aliphatic carbocycles. The minimum atomic E-state index is -0.120. The number of fused-ring (bicyclic) bond motifs is 1. The molecule has 1 aliphatic heterocycles. The van der Waals surface area contributed by atoms with Crippen molar-refractivity contribution in [2.45, 2.75) is 45.9 Å². The minimum absolute atomic E-state index is 0.0888. The first-order valence-corrected chi connectivity index (χ1v) is 7.58. The molecule has 2 aromatic rings. The molecule has 22 heavy (non-hydrogen) atoms. The van der Waals surface area contributed by atoms with Crippen LogP contribution in [0.3, 0.4) is 0 Å². The highest BCUT2D eigenvalue weighted by molar-refractivity contribution is 5.93. The van der Waals surface area contributed by atoms with Crippen molar-refractivity contribution in [3.8, 4) is 0 Å².